The second-order valence-electron chi connectivity index (χ2n) is 7.50. The first-order chi connectivity index (χ1) is 9.55. The highest BCUT2D eigenvalue weighted by Gasteiger charge is 2.49. The van der Waals surface area contributed by atoms with Crippen molar-refractivity contribution >= 4 is 0 Å². The lowest BCUT2D eigenvalue weighted by molar-refractivity contribution is 0.0297. The van der Waals surface area contributed by atoms with Gasteiger partial charge in [0.2, 0.25) is 0 Å². The van der Waals surface area contributed by atoms with Crippen LogP contribution in [0.25, 0.3) is 0 Å². The number of likely N-dealkylation sites (tertiary alicyclic amines) is 1. The first-order valence-corrected chi connectivity index (χ1v) is 8.51. The second-order valence-corrected chi connectivity index (χ2v) is 7.50. The summed E-state index contributed by atoms with van der Waals surface area (Å²) in [4.78, 5) is 8.05. The van der Waals surface area contributed by atoms with Gasteiger partial charge in [0.05, 0.1) is 0 Å². The van der Waals surface area contributed by atoms with E-state index >= 15 is 0 Å². The number of nitrogens with zero attached hydrogens (tertiary/aromatic N) is 3. The Hall–Kier alpha value is -0.160. The number of hydrogen-bond donors (Lipinski definition) is 1. The van der Waals surface area contributed by atoms with Gasteiger partial charge >= 0.3 is 0 Å². The van der Waals surface area contributed by atoms with Crippen molar-refractivity contribution in [2.24, 2.45) is 5.73 Å². The Balaban J connectivity index is 1.65. The Kier molecular flexibility index (Phi) is 4.10. The van der Waals surface area contributed by atoms with Crippen LogP contribution in [0.5, 0.6) is 0 Å². The predicted octanol–water partition coefficient (Wildman–Crippen LogP) is 0.967. The Morgan fingerprint density at radius 2 is 1.80 bits per heavy atom. The minimum absolute atomic E-state index is 0.255. The first-order valence-electron chi connectivity index (χ1n) is 8.51. The van der Waals surface area contributed by atoms with Crippen molar-refractivity contribution in [2.75, 3.05) is 39.3 Å². The van der Waals surface area contributed by atoms with Crippen molar-refractivity contribution in [2.45, 2.75) is 63.7 Å². The van der Waals surface area contributed by atoms with E-state index in [1.165, 1.54) is 52.0 Å². The molecular formula is C16H32N4. The van der Waals surface area contributed by atoms with Crippen LogP contribution in [0.2, 0.25) is 0 Å². The molecule has 0 radical (unpaired) electrons. The van der Waals surface area contributed by atoms with E-state index in [9.17, 15) is 0 Å². The lowest BCUT2D eigenvalue weighted by atomic mass is 9.93. The molecule has 4 heteroatoms. The molecule has 0 aromatic heterocycles. The van der Waals surface area contributed by atoms with Crippen LogP contribution in [0.4, 0.5) is 0 Å². The molecule has 3 aliphatic rings. The van der Waals surface area contributed by atoms with E-state index in [0.717, 1.165) is 12.6 Å². The third-order valence-electron chi connectivity index (χ3n) is 5.83. The zero-order valence-corrected chi connectivity index (χ0v) is 13.5. The highest BCUT2D eigenvalue weighted by Crippen LogP contribution is 2.39. The zero-order valence-electron chi connectivity index (χ0n) is 13.5. The molecule has 0 aromatic rings. The van der Waals surface area contributed by atoms with Gasteiger partial charge in [-0.05, 0) is 40.0 Å². The number of piperazine rings is 1. The van der Waals surface area contributed by atoms with Gasteiger partial charge in [0.1, 0.15) is 0 Å². The molecule has 1 aliphatic carbocycles. The highest BCUT2D eigenvalue weighted by molar-refractivity contribution is 5.07. The first kappa shape index (κ1) is 14.8. The van der Waals surface area contributed by atoms with Gasteiger partial charge in [-0.2, -0.15) is 0 Å². The molecule has 0 bridgehead atoms. The van der Waals surface area contributed by atoms with Gasteiger partial charge in [-0.25, -0.2) is 0 Å². The molecule has 2 unspecified atom stereocenters. The maximum absolute atomic E-state index is 6.26. The van der Waals surface area contributed by atoms with E-state index in [-0.39, 0.29) is 5.54 Å². The number of nitrogens with two attached hydrogens (primary N) is 1. The smallest absolute Gasteiger partial charge is 0.0474 e. The summed E-state index contributed by atoms with van der Waals surface area (Å²) in [6.07, 6.45) is 4.08. The van der Waals surface area contributed by atoms with Crippen molar-refractivity contribution in [1.29, 1.82) is 0 Å². The van der Waals surface area contributed by atoms with Gasteiger partial charge in [-0.3, -0.25) is 14.7 Å². The monoisotopic (exact) mass is 280 g/mol. The molecule has 2 N–H and O–H groups in total. The lowest BCUT2D eigenvalue weighted by Gasteiger charge is -2.46. The number of hydrogen-bond acceptors (Lipinski definition) is 4. The molecule has 4 nitrogen and oxygen atoms in total. The van der Waals surface area contributed by atoms with Gasteiger partial charge in [-0.15, -0.1) is 0 Å². The Morgan fingerprint density at radius 1 is 1.15 bits per heavy atom. The molecule has 2 atom stereocenters. The standard InChI is InChI=1S/C16H32N4/c1-13(2)18-6-8-19(9-7-18)16(11-17)10-14(3)20(12-16)15-4-5-15/h13-15H,4-12,17H2,1-3H3. The molecule has 3 fully saturated rings. The van der Waals surface area contributed by atoms with Gasteiger partial charge in [-0.1, -0.05) is 0 Å². The summed E-state index contributed by atoms with van der Waals surface area (Å²) in [5, 5.41) is 0. The fourth-order valence-electron chi connectivity index (χ4n) is 4.34. The zero-order chi connectivity index (χ0) is 14.3. The summed E-state index contributed by atoms with van der Waals surface area (Å²) in [7, 11) is 0. The van der Waals surface area contributed by atoms with Crippen LogP contribution in [0.3, 0.4) is 0 Å². The van der Waals surface area contributed by atoms with E-state index in [0.29, 0.717) is 12.1 Å². The molecule has 0 aromatic carbocycles. The topological polar surface area (TPSA) is 35.7 Å². The van der Waals surface area contributed by atoms with Crippen LogP contribution in [0.15, 0.2) is 0 Å². The van der Waals surface area contributed by atoms with Gasteiger partial charge in [0.15, 0.2) is 0 Å². The molecule has 0 amide bonds. The normalized spacial score (nSPS) is 38.0. The predicted molar refractivity (Wildman–Crippen MR) is 83.9 cm³/mol. The molecule has 20 heavy (non-hydrogen) atoms. The van der Waals surface area contributed by atoms with Crippen LogP contribution in [-0.2, 0) is 0 Å². The highest BCUT2D eigenvalue weighted by atomic mass is 15.4. The Morgan fingerprint density at radius 3 is 2.30 bits per heavy atom. The average molecular weight is 280 g/mol. The van der Waals surface area contributed by atoms with Crippen LogP contribution >= 0.6 is 0 Å². The van der Waals surface area contributed by atoms with Crippen molar-refractivity contribution in [3.63, 3.8) is 0 Å². The average Bonchev–Trinajstić information content (AvgIpc) is 3.23. The molecule has 1 saturated carbocycles. The van der Waals surface area contributed by atoms with E-state index in [4.69, 9.17) is 5.73 Å². The molecule has 0 spiro atoms. The SMILES string of the molecule is CC(C)N1CCN(C2(CN)CC(C)N(C3CC3)C2)CC1. The Bertz CT molecular complexity index is 333. The summed E-state index contributed by atoms with van der Waals surface area (Å²) in [5.41, 5.74) is 6.51. The fraction of sp³-hybridized carbons (Fsp3) is 1.00. The van der Waals surface area contributed by atoms with Gasteiger partial charge < -0.3 is 5.73 Å². The van der Waals surface area contributed by atoms with Crippen molar-refractivity contribution in [1.82, 2.24) is 14.7 Å². The largest absolute Gasteiger partial charge is 0.329 e. The van der Waals surface area contributed by atoms with Gasteiger partial charge in [0.25, 0.3) is 0 Å². The molecule has 116 valence electrons. The summed E-state index contributed by atoms with van der Waals surface area (Å²) < 4.78 is 0. The molecule has 2 saturated heterocycles. The van der Waals surface area contributed by atoms with Crippen LogP contribution in [0, 0.1) is 0 Å². The van der Waals surface area contributed by atoms with E-state index in [1.807, 2.05) is 0 Å². The van der Waals surface area contributed by atoms with E-state index < -0.39 is 0 Å². The summed E-state index contributed by atoms with van der Waals surface area (Å²) in [5.74, 6) is 0. The fourth-order valence-corrected chi connectivity index (χ4v) is 4.34. The molecule has 2 heterocycles. The van der Waals surface area contributed by atoms with Crippen molar-refractivity contribution in [3.8, 4) is 0 Å². The van der Waals surface area contributed by atoms with Crippen LogP contribution in [-0.4, -0.2) is 77.6 Å². The van der Waals surface area contributed by atoms with E-state index in [1.54, 1.807) is 0 Å². The molecule has 2 aliphatic heterocycles. The van der Waals surface area contributed by atoms with E-state index in [2.05, 4.69) is 35.5 Å². The maximum Gasteiger partial charge on any atom is 0.0474 e. The van der Waals surface area contributed by atoms with Crippen molar-refractivity contribution in [3.05, 3.63) is 0 Å². The summed E-state index contributed by atoms with van der Waals surface area (Å²) in [6.45, 7) is 13.8. The second kappa shape index (κ2) is 5.56. The van der Waals surface area contributed by atoms with Crippen molar-refractivity contribution < 1.29 is 0 Å². The summed E-state index contributed by atoms with van der Waals surface area (Å²) in [6, 6.07) is 2.26. The minimum atomic E-state index is 0.255. The van der Waals surface area contributed by atoms with Crippen LogP contribution in [0.1, 0.15) is 40.0 Å². The number of rotatable bonds is 4. The molecule has 3 rings (SSSR count). The molecular weight excluding hydrogens is 248 g/mol. The maximum atomic E-state index is 6.26. The minimum Gasteiger partial charge on any atom is -0.329 e. The van der Waals surface area contributed by atoms with Crippen LogP contribution < -0.4 is 5.73 Å². The lowest BCUT2D eigenvalue weighted by Crippen LogP contribution is -2.62. The third-order valence-corrected chi connectivity index (χ3v) is 5.83. The Labute approximate surface area is 124 Å². The van der Waals surface area contributed by atoms with Gasteiger partial charge in [0, 0.05) is 62.9 Å². The third kappa shape index (κ3) is 2.63. The summed E-state index contributed by atoms with van der Waals surface area (Å²) >= 11 is 0. The quantitative estimate of drug-likeness (QED) is 0.832.